The van der Waals surface area contributed by atoms with E-state index in [9.17, 15) is 9.59 Å². The molecule has 0 radical (unpaired) electrons. The molecule has 1 aromatic carbocycles. The first-order valence-electron chi connectivity index (χ1n) is 7.01. The molecule has 0 unspecified atom stereocenters. The van der Waals surface area contributed by atoms with Gasteiger partial charge < -0.3 is 0 Å². The van der Waals surface area contributed by atoms with E-state index in [1.807, 2.05) is 24.3 Å². The van der Waals surface area contributed by atoms with Gasteiger partial charge in [-0.25, -0.2) is 0 Å². The van der Waals surface area contributed by atoms with Crippen molar-refractivity contribution in [2.75, 3.05) is 0 Å². The monoisotopic (exact) mass is 392 g/mol. The van der Waals surface area contributed by atoms with Crippen LogP contribution in [-0.2, 0) is 9.59 Å². The number of imide groups is 1. The van der Waals surface area contributed by atoms with Gasteiger partial charge in [0.2, 0.25) is 0 Å². The van der Waals surface area contributed by atoms with Gasteiger partial charge in [0, 0.05) is 3.57 Å². The summed E-state index contributed by atoms with van der Waals surface area (Å²) in [6.07, 6.45) is 6.71. The lowest BCUT2D eigenvalue weighted by atomic mass is 9.85. The van der Waals surface area contributed by atoms with Crippen molar-refractivity contribution in [2.24, 2.45) is 28.8 Å². The van der Waals surface area contributed by atoms with Crippen molar-refractivity contribution in [3.05, 3.63) is 45.6 Å². The zero-order valence-electron chi connectivity index (χ0n) is 11.1. The number of hydrogen-bond acceptors (Lipinski definition) is 3. The molecular weight excluding hydrogens is 379 g/mol. The molecule has 1 heterocycles. The predicted molar refractivity (Wildman–Crippen MR) is 86.3 cm³/mol. The molecule has 1 saturated heterocycles. The summed E-state index contributed by atoms with van der Waals surface area (Å²) in [6.45, 7) is 0. The summed E-state index contributed by atoms with van der Waals surface area (Å²) in [7, 11) is 0. The molecule has 2 aliphatic carbocycles. The van der Waals surface area contributed by atoms with E-state index in [0.29, 0.717) is 0 Å². The average molecular weight is 392 g/mol. The summed E-state index contributed by atoms with van der Waals surface area (Å²) in [4.78, 5) is 24.9. The van der Waals surface area contributed by atoms with E-state index in [1.54, 1.807) is 6.21 Å². The molecular formula is C16H13IN2O2. The molecule has 2 fully saturated rings. The van der Waals surface area contributed by atoms with Crippen molar-refractivity contribution in [3.8, 4) is 0 Å². The molecule has 2 amide bonds. The Labute approximate surface area is 136 Å². The van der Waals surface area contributed by atoms with Crippen molar-refractivity contribution in [1.29, 1.82) is 0 Å². The lowest BCUT2D eigenvalue weighted by Crippen LogP contribution is -2.28. The first-order valence-corrected chi connectivity index (χ1v) is 8.09. The third-order valence-electron chi connectivity index (χ3n) is 4.62. The lowest BCUT2D eigenvalue weighted by Gasteiger charge is -2.13. The third kappa shape index (κ3) is 1.97. The normalized spacial score (nSPS) is 33.5. The van der Waals surface area contributed by atoms with Crippen LogP contribution in [0.1, 0.15) is 12.0 Å². The van der Waals surface area contributed by atoms with Gasteiger partial charge in [0.05, 0.1) is 18.1 Å². The Kier molecular flexibility index (Phi) is 2.99. The van der Waals surface area contributed by atoms with Crippen LogP contribution in [0.3, 0.4) is 0 Å². The summed E-state index contributed by atoms with van der Waals surface area (Å²) < 4.78 is 1.09. The van der Waals surface area contributed by atoms with E-state index >= 15 is 0 Å². The number of carbonyl (C=O) groups excluding carboxylic acids is 2. The fraction of sp³-hybridized carbons (Fsp3) is 0.312. The van der Waals surface area contributed by atoms with Gasteiger partial charge in [-0.3, -0.25) is 9.59 Å². The van der Waals surface area contributed by atoms with Crippen LogP contribution in [0.15, 0.2) is 41.5 Å². The van der Waals surface area contributed by atoms with E-state index in [4.69, 9.17) is 0 Å². The molecule has 21 heavy (non-hydrogen) atoms. The summed E-state index contributed by atoms with van der Waals surface area (Å²) in [5.74, 6) is -0.169. The fourth-order valence-electron chi connectivity index (χ4n) is 3.71. The molecule has 1 saturated carbocycles. The Balaban J connectivity index is 1.60. The number of nitrogens with zero attached hydrogens (tertiary/aromatic N) is 2. The topological polar surface area (TPSA) is 49.7 Å². The predicted octanol–water partition coefficient (Wildman–Crippen LogP) is 2.43. The summed E-state index contributed by atoms with van der Waals surface area (Å²) in [5.41, 5.74) is 0.889. The van der Waals surface area contributed by atoms with Gasteiger partial charge in [0.1, 0.15) is 0 Å². The Morgan fingerprint density at radius 3 is 2.43 bits per heavy atom. The Morgan fingerprint density at radius 2 is 1.81 bits per heavy atom. The van der Waals surface area contributed by atoms with E-state index in [0.717, 1.165) is 20.6 Å². The minimum atomic E-state index is -0.180. The van der Waals surface area contributed by atoms with Crippen molar-refractivity contribution in [2.45, 2.75) is 6.42 Å². The number of rotatable bonds is 2. The number of amides is 2. The van der Waals surface area contributed by atoms with Crippen LogP contribution >= 0.6 is 22.6 Å². The average Bonchev–Trinajstić information content (AvgIpc) is 3.12. The number of carbonyl (C=O) groups is 2. The Bertz CT molecular complexity index is 667. The number of halogens is 1. The van der Waals surface area contributed by atoms with Crippen molar-refractivity contribution >= 4 is 40.6 Å². The maximum absolute atomic E-state index is 12.4. The molecule has 5 heteroatoms. The second kappa shape index (κ2) is 4.76. The minimum absolute atomic E-state index is 0.135. The van der Waals surface area contributed by atoms with Crippen LogP contribution in [0, 0.1) is 27.2 Å². The Hall–Kier alpha value is -1.50. The van der Waals surface area contributed by atoms with Crippen LogP contribution in [-0.4, -0.2) is 23.0 Å². The minimum Gasteiger partial charge on any atom is -0.272 e. The lowest BCUT2D eigenvalue weighted by molar-refractivity contribution is -0.140. The molecule has 4 rings (SSSR count). The highest BCUT2D eigenvalue weighted by molar-refractivity contribution is 14.1. The molecule has 2 bridgehead atoms. The van der Waals surface area contributed by atoms with Crippen LogP contribution in [0.4, 0.5) is 0 Å². The third-order valence-corrected chi connectivity index (χ3v) is 5.29. The number of allylic oxidation sites excluding steroid dienone is 2. The Morgan fingerprint density at radius 1 is 1.14 bits per heavy atom. The maximum atomic E-state index is 12.4. The number of hydrazone groups is 1. The molecule has 4 atom stereocenters. The number of hydrogen-bond donors (Lipinski definition) is 0. The summed E-state index contributed by atoms with van der Waals surface area (Å²) in [5, 5.41) is 5.24. The zero-order valence-corrected chi connectivity index (χ0v) is 13.3. The first kappa shape index (κ1) is 13.2. The molecule has 106 valence electrons. The van der Waals surface area contributed by atoms with Crippen molar-refractivity contribution in [3.63, 3.8) is 0 Å². The van der Waals surface area contributed by atoms with Crippen LogP contribution in [0.25, 0.3) is 0 Å². The SMILES string of the molecule is O=C1[C@@H]2[C@H](C(=O)N1/N=C\c1cccc(I)c1)[C@@H]1C=C[C@H]2C1. The second-order valence-electron chi connectivity index (χ2n) is 5.79. The quantitative estimate of drug-likeness (QED) is 0.336. The van der Waals surface area contributed by atoms with Crippen LogP contribution < -0.4 is 0 Å². The summed E-state index contributed by atoms with van der Waals surface area (Å²) >= 11 is 2.22. The molecule has 0 spiro atoms. The van der Waals surface area contributed by atoms with E-state index in [2.05, 4.69) is 39.8 Å². The van der Waals surface area contributed by atoms with Gasteiger partial charge in [-0.2, -0.15) is 10.1 Å². The summed E-state index contributed by atoms with van der Waals surface area (Å²) in [6, 6.07) is 7.78. The highest BCUT2D eigenvalue weighted by Crippen LogP contribution is 2.52. The standard InChI is InChI=1S/C16H13IN2O2/c17-12-3-1-2-9(6-12)8-18-19-15(20)13-10-4-5-11(7-10)14(13)16(19)21/h1-6,8,10-11,13-14H,7H2/b18-8-/t10-,11+,13-,14+. The smallest absolute Gasteiger partial charge is 0.254 e. The van der Waals surface area contributed by atoms with Gasteiger partial charge >= 0.3 is 0 Å². The molecule has 1 aromatic rings. The molecule has 1 aliphatic heterocycles. The van der Waals surface area contributed by atoms with Gasteiger partial charge in [-0.15, -0.1) is 0 Å². The zero-order chi connectivity index (χ0) is 14.6. The number of fused-ring (bicyclic) bond motifs is 5. The van der Waals surface area contributed by atoms with Crippen LogP contribution in [0.5, 0.6) is 0 Å². The highest BCUT2D eigenvalue weighted by Gasteiger charge is 2.59. The molecule has 0 aromatic heterocycles. The van der Waals surface area contributed by atoms with Crippen molar-refractivity contribution < 1.29 is 9.59 Å². The van der Waals surface area contributed by atoms with Gasteiger partial charge in [0.15, 0.2) is 0 Å². The van der Waals surface area contributed by atoms with Crippen LogP contribution in [0.2, 0.25) is 0 Å². The van der Waals surface area contributed by atoms with E-state index in [-0.39, 0.29) is 35.5 Å². The van der Waals surface area contributed by atoms with Gasteiger partial charge in [0.25, 0.3) is 11.8 Å². The van der Waals surface area contributed by atoms with Gasteiger partial charge in [-0.05, 0) is 58.5 Å². The molecule has 3 aliphatic rings. The maximum Gasteiger partial charge on any atom is 0.254 e. The van der Waals surface area contributed by atoms with Crippen molar-refractivity contribution in [1.82, 2.24) is 5.01 Å². The van der Waals surface area contributed by atoms with E-state index in [1.165, 1.54) is 0 Å². The molecule has 4 nitrogen and oxygen atoms in total. The largest absolute Gasteiger partial charge is 0.272 e. The first-order chi connectivity index (χ1) is 10.1. The number of benzene rings is 1. The fourth-order valence-corrected chi connectivity index (χ4v) is 4.28. The van der Waals surface area contributed by atoms with Gasteiger partial charge in [-0.1, -0.05) is 24.3 Å². The highest BCUT2D eigenvalue weighted by atomic mass is 127. The molecule has 0 N–H and O–H groups in total. The second-order valence-corrected chi connectivity index (χ2v) is 7.03. The van der Waals surface area contributed by atoms with E-state index < -0.39 is 0 Å².